The fourth-order valence-corrected chi connectivity index (χ4v) is 3.75. The highest BCUT2D eigenvalue weighted by atomic mass is 16.5. The van der Waals surface area contributed by atoms with Crippen molar-refractivity contribution in [2.24, 2.45) is 5.92 Å². The van der Waals surface area contributed by atoms with Crippen molar-refractivity contribution in [3.63, 3.8) is 0 Å². The summed E-state index contributed by atoms with van der Waals surface area (Å²) < 4.78 is 17.5. The summed E-state index contributed by atoms with van der Waals surface area (Å²) in [4.78, 5) is 12.4. The van der Waals surface area contributed by atoms with Gasteiger partial charge in [-0.15, -0.1) is 0 Å². The molecule has 4 nitrogen and oxygen atoms in total. The van der Waals surface area contributed by atoms with E-state index in [0.29, 0.717) is 17.9 Å². The van der Waals surface area contributed by atoms with Crippen molar-refractivity contribution < 1.29 is 18.7 Å². The van der Waals surface area contributed by atoms with Gasteiger partial charge in [-0.1, -0.05) is 43.7 Å². The van der Waals surface area contributed by atoms with Crippen molar-refractivity contribution in [3.8, 4) is 11.5 Å². The summed E-state index contributed by atoms with van der Waals surface area (Å²) in [5.41, 5.74) is 1.76. The number of furan rings is 1. The second kappa shape index (κ2) is 6.28. The monoisotopic (exact) mass is 336 g/mol. The standard InChI is InChI=1S/C21H20O4/c1-3-13-12-18(22)25-20-15-9-5-7-11-17(15)24-21(20)19(13)14-8-4-6-10-16(14)23-2/h4-11,13,19H,3,12H2,1-2H3/t13-,19+/m0/s1. The van der Waals surface area contributed by atoms with Crippen LogP contribution in [0.25, 0.3) is 11.0 Å². The topological polar surface area (TPSA) is 48.7 Å². The average Bonchev–Trinajstić information content (AvgIpc) is 2.92. The van der Waals surface area contributed by atoms with Crippen LogP contribution in [0, 0.1) is 5.92 Å². The van der Waals surface area contributed by atoms with E-state index in [1.807, 2.05) is 48.5 Å². The Labute approximate surface area is 146 Å². The lowest BCUT2D eigenvalue weighted by Crippen LogP contribution is -2.16. The van der Waals surface area contributed by atoms with Gasteiger partial charge in [-0.05, 0) is 24.1 Å². The maximum atomic E-state index is 12.4. The summed E-state index contributed by atoms with van der Waals surface area (Å²) in [6.07, 6.45) is 1.20. The molecule has 1 aliphatic rings. The summed E-state index contributed by atoms with van der Waals surface area (Å²) in [6.45, 7) is 2.09. The van der Waals surface area contributed by atoms with Gasteiger partial charge < -0.3 is 13.9 Å². The number of carbonyl (C=O) groups excluding carboxylic acids is 1. The van der Waals surface area contributed by atoms with Crippen LogP contribution in [0.15, 0.2) is 52.9 Å². The van der Waals surface area contributed by atoms with E-state index in [0.717, 1.165) is 28.7 Å². The quantitative estimate of drug-likeness (QED) is 0.638. The lowest BCUT2D eigenvalue weighted by Gasteiger charge is -2.23. The second-order valence-electron chi connectivity index (χ2n) is 6.36. The Hall–Kier alpha value is -2.75. The van der Waals surface area contributed by atoms with Crippen molar-refractivity contribution in [1.29, 1.82) is 0 Å². The molecule has 0 fully saturated rings. The van der Waals surface area contributed by atoms with Crippen molar-refractivity contribution in [2.45, 2.75) is 25.7 Å². The van der Waals surface area contributed by atoms with E-state index >= 15 is 0 Å². The van der Waals surface area contributed by atoms with Crippen molar-refractivity contribution in [3.05, 3.63) is 59.9 Å². The first-order chi connectivity index (χ1) is 12.2. The number of methoxy groups -OCH3 is 1. The third-order valence-electron chi connectivity index (χ3n) is 4.97. The van der Waals surface area contributed by atoms with Crippen molar-refractivity contribution in [1.82, 2.24) is 0 Å². The Bertz CT molecular complexity index is 925. The fourth-order valence-electron chi connectivity index (χ4n) is 3.75. The molecule has 3 aromatic rings. The number of esters is 1. The third kappa shape index (κ3) is 2.58. The zero-order chi connectivity index (χ0) is 17.4. The highest BCUT2D eigenvalue weighted by Crippen LogP contribution is 2.49. The summed E-state index contributed by atoms with van der Waals surface area (Å²) >= 11 is 0. The summed E-state index contributed by atoms with van der Waals surface area (Å²) in [5, 5.41) is 0.836. The predicted molar refractivity (Wildman–Crippen MR) is 95.1 cm³/mol. The number of rotatable bonds is 3. The third-order valence-corrected chi connectivity index (χ3v) is 4.97. The Morgan fingerprint density at radius 2 is 1.88 bits per heavy atom. The number of fused-ring (bicyclic) bond motifs is 3. The second-order valence-corrected chi connectivity index (χ2v) is 6.36. The SMILES string of the molecule is CC[C@H]1CC(=O)Oc2c(oc3ccccc23)[C@H]1c1ccccc1OC. The minimum Gasteiger partial charge on any atom is -0.496 e. The van der Waals surface area contributed by atoms with E-state index in [2.05, 4.69) is 6.92 Å². The molecule has 128 valence electrons. The predicted octanol–water partition coefficient (Wildman–Crippen LogP) is 4.91. The number of ether oxygens (including phenoxy) is 2. The molecule has 2 aromatic carbocycles. The molecule has 1 aromatic heterocycles. The molecule has 4 heteroatoms. The van der Waals surface area contributed by atoms with Gasteiger partial charge >= 0.3 is 5.97 Å². The average molecular weight is 336 g/mol. The molecule has 0 saturated heterocycles. The van der Waals surface area contributed by atoms with Gasteiger partial charge in [-0.3, -0.25) is 4.79 Å². The van der Waals surface area contributed by atoms with Crippen LogP contribution in [0.4, 0.5) is 0 Å². The van der Waals surface area contributed by atoms with E-state index in [1.54, 1.807) is 7.11 Å². The Balaban J connectivity index is 1.99. The number of hydrogen-bond donors (Lipinski definition) is 0. The Morgan fingerprint density at radius 3 is 2.68 bits per heavy atom. The highest BCUT2D eigenvalue weighted by Gasteiger charge is 2.38. The Kier molecular flexibility index (Phi) is 3.96. The van der Waals surface area contributed by atoms with Crippen LogP contribution in [-0.4, -0.2) is 13.1 Å². The minimum absolute atomic E-state index is 0.0880. The van der Waals surface area contributed by atoms with Crippen LogP contribution >= 0.6 is 0 Å². The van der Waals surface area contributed by atoms with E-state index in [9.17, 15) is 4.79 Å². The first-order valence-corrected chi connectivity index (χ1v) is 8.58. The number of benzene rings is 2. The number of carbonyl (C=O) groups is 1. The summed E-state index contributed by atoms with van der Waals surface area (Å²) in [6, 6.07) is 15.6. The number of hydrogen-bond acceptors (Lipinski definition) is 4. The van der Waals surface area contributed by atoms with Gasteiger partial charge in [0.25, 0.3) is 0 Å². The molecule has 0 aliphatic carbocycles. The van der Waals surface area contributed by atoms with E-state index in [1.165, 1.54) is 0 Å². The van der Waals surface area contributed by atoms with Crippen LogP contribution in [-0.2, 0) is 4.79 Å². The molecule has 25 heavy (non-hydrogen) atoms. The van der Waals surface area contributed by atoms with Crippen LogP contribution in [0.5, 0.6) is 11.5 Å². The van der Waals surface area contributed by atoms with Crippen molar-refractivity contribution in [2.75, 3.05) is 7.11 Å². The molecule has 0 radical (unpaired) electrons. The molecule has 1 aliphatic heterocycles. The molecule has 0 bridgehead atoms. The van der Waals surface area contributed by atoms with Crippen LogP contribution in [0.2, 0.25) is 0 Å². The van der Waals surface area contributed by atoms with Gasteiger partial charge in [0, 0.05) is 12.0 Å². The van der Waals surface area contributed by atoms with Crippen molar-refractivity contribution >= 4 is 16.9 Å². The van der Waals surface area contributed by atoms with E-state index < -0.39 is 0 Å². The first-order valence-electron chi connectivity index (χ1n) is 8.58. The molecule has 0 saturated carbocycles. The zero-order valence-electron chi connectivity index (χ0n) is 14.3. The molecule has 2 atom stereocenters. The van der Waals surface area contributed by atoms with Gasteiger partial charge in [0.2, 0.25) is 0 Å². The molecule has 0 amide bonds. The lowest BCUT2D eigenvalue weighted by atomic mass is 9.80. The van der Waals surface area contributed by atoms with E-state index in [4.69, 9.17) is 13.9 Å². The molecule has 4 rings (SSSR count). The van der Waals surface area contributed by atoms with Crippen LogP contribution < -0.4 is 9.47 Å². The highest BCUT2D eigenvalue weighted by molar-refractivity contribution is 5.89. The van der Waals surface area contributed by atoms with Crippen LogP contribution in [0.3, 0.4) is 0 Å². The van der Waals surface area contributed by atoms with Gasteiger partial charge in [0.1, 0.15) is 11.3 Å². The molecular formula is C21H20O4. The molecule has 0 unspecified atom stereocenters. The molecular weight excluding hydrogens is 316 g/mol. The van der Waals surface area contributed by atoms with Gasteiger partial charge in [-0.25, -0.2) is 0 Å². The van der Waals surface area contributed by atoms with Crippen LogP contribution in [0.1, 0.15) is 37.0 Å². The maximum Gasteiger partial charge on any atom is 0.311 e. The molecule has 0 N–H and O–H groups in total. The van der Waals surface area contributed by atoms with Gasteiger partial charge in [-0.2, -0.15) is 0 Å². The van der Waals surface area contributed by atoms with Gasteiger partial charge in [0.05, 0.1) is 18.4 Å². The smallest absolute Gasteiger partial charge is 0.311 e. The summed E-state index contributed by atoms with van der Waals surface area (Å²) in [7, 11) is 1.66. The number of para-hydroxylation sites is 2. The minimum atomic E-state index is -0.211. The fraction of sp³-hybridized carbons (Fsp3) is 0.286. The molecule has 0 spiro atoms. The molecule has 2 heterocycles. The van der Waals surface area contributed by atoms with E-state index in [-0.39, 0.29) is 17.8 Å². The maximum absolute atomic E-state index is 12.4. The normalized spacial score (nSPS) is 20.0. The van der Waals surface area contributed by atoms with Gasteiger partial charge in [0.15, 0.2) is 11.5 Å². The lowest BCUT2D eigenvalue weighted by molar-refractivity contribution is -0.135. The summed E-state index contributed by atoms with van der Waals surface area (Å²) in [5.74, 6) is 1.85. The zero-order valence-corrected chi connectivity index (χ0v) is 14.3. The first kappa shape index (κ1) is 15.8. The largest absolute Gasteiger partial charge is 0.496 e. The Morgan fingerprint density at radius 1 is 1.12 bits per heavy atom.